The zero-order valence-corrected chi connectivity index (χ0v) is 27.3. The Hall–Kier alpha value is -4.11. The van der Waals surface area contributed by atoms with E-state index in [0.717, 1.165) is 5.56 Å². The van der Waals surface area contributed by atoms with E-state index in [0.29, 0.717) is 22.8 Å². The largest absolute Gasteiger partial charge is 0.495 e. The van der Waals surface area contributed by atoms with Crippen molar-refractivity contribution in [1.29, 1.82) is 0 Å². The van der Waals surface area contributed by atoms with Crippen LogP contribution in [0, 0.1) is 17.8 Å². The highest BCUT2D eigenvalue weighted by Gasteiger charge is 2.30. The quantitative estimate of drug-likeness (QED) is 0.355. The summed E-state index contributed by atoms with van der Waals surface area (Å²) in [5.74, 6) is -2.13. The average Bonchev–Trinajstić information content (AvgIpc) is 3.01. The molecule has 3 rings (SSSR count). The van der Waals surface area contributed by atoms with E-state index in [1.807, 2.05) is 63.3 Å². The highest BCUT2D eigenvalue weighted by molar-refractivity contribution is 6.32. The molecule has 2 aromatic rings. The first-order chi connectivity index (χ1) is 21.5. The predicted molar refractivity (Wildman–Crippen MR) is 175 cm³/mol. The van der Waals surface area contributed by atoms with Gasteiger partial charge in [-0.2, -0.15) is 0 Å². The van der Waals surface area contributed by atoms with Crippen molar-refractivity contribution in [2.45, 2.75) is 65.1 Å². The summed E-state index contributed by atoms with van der Waals surface area (Å²) in [5.41, 5.74) is 1.72. The van der Waals surface area contributed by atoms with Crippen LogP contribution in [0.5, 0.6) is 5.75 Å². The number of rotatable bonds is 8. The summed E-state index contributed by atoms with van der Waals surface area (Å²) < 4.78 is 11.2. The number of ether oxygens (including phenoxy) is 2. The lowest BCUT2D eigenvalue weighted by Crippen LogP contribution is -2.51. The fourth-order valence-corrected chi connectivity index (χ4v) is 5.11. The van der Waals surface area contributed by atoms with Gasteiger partial charge in [-0.05, 0) is 41.7 Å². The van der Waals surface area contributed by atoms with Crippen molar-refractivity contribution in [1.82, 2.24) is 16.0 Å². The molecule has 3 amide bonds. The molecule has 3 N–H and O–H groups in total. The van der Waals surface area contributed by atoms with Crippen molar-refractivity contribution in [3.05, 3.63) is 82.9 Å². The molecule has 0 unspecified atom stereocenters. The molecule has 0 saturated carbocycles. The number of amides is 3. The molecular formula is C35H44ClN3O6. The van der Waals surface area contributed by atoms with Crippen molar-refractivity contribution in [2.24, 2.45) is 17.8 Å². The Morgan fingerprint density at radius 1 is 1.00 bits per heavy atom. The van der Waals surface area contributed by atoms with Crippen LogP contribution in [-0.2, 0) is 30.3 Å². The Morgan fingerprint density at radius 2 is 1.73 bits per heavy atom. The van der Waals surface area contributed by atoms with Gasteiger partial charge >= 0.3 is 5.97 Å². The minimum Gasteiger partial charge on any atom is -0.495 e. The number of hydrogen-bond acceptors (Lipinski definition) is 6. The average molecular weight is 638 g/mol. The molecule has 2 aromatic carbocycles. The van der Waals surface area contributed by atoms with Crippen LogP contribution >= 0.6 is 11.6 Å². The SMILES string of the molecule is COc1ccc(C[C@H]2NC(=O)/C=C/C[C@@H]([C@H](C)/C=C/c3ccccc3)OC(=O)[C@H](CC(C)C)NC(=O)[C@H](C)CNC2=O)cc1Cl. The summed E-state index contributed by atoms with van der Waals surface area (Å²) in [7, 11) is 1.51. The van der Waals surface area contributed by atoms with Gasteiger partial charge in [0.15, 0.2) is 0 Å². The van der Waals surface area contributed by atoms with E-state index in [1.54, 1.807) is 31.2 Å². The monoisotopic (exact) mass is 637 g/mol. The van der Waals surface area contributed by atoms with Crippen LogP contribution in [0.1, 0.15) is 51.7 Å². The maximum absolute atomic E-state index is 13.4. The van der Waals surface area contributed by atoms with E-state index in [2.05, 4.69) is 16.0 Å². The second-order valence-corrected chi connectivity index (χ2v) is 12.2. The Balaban J connectivity index is 1.89. The molecule has 1 aliphatic rings. The molecule has 5 atom stereocenters. The molecule has 0 spiro atoms. The summed E-state index contributed by atoms with van der Waals surface area (Å²) in [5, 5.41) is 8.76. The van der Waals surface area contributed by atoms with Gasteiger partial charge in [0, 0.05) is 25.3 Å². The number of halogens is 1. The number of hydrogen-bond donors (Lipinski definition) is 3. The number of benzene rings is 2. The first kappa shape index (κ1) is 35.4. The zero-order chi connectivity index (χ0) is 32.9. The third kappa shape index (κ3) is 11.4. The molecule has 10 heteroatoms. The number of esters is 1. The second kappa shape index (κ2) is 17.4. The maximum Gasteiger partial charge on any atom is 0.328 e. The minimum absolute atomic E-state index is 0.00360. The van der Waals surface area contributed by atoms with Crippen molar-refractivity contribution < 1.29 is 28.7 Å². The van der Waals surface area contributed by atoms with E-state index in [9.17, 15) is 19.2 Å². The fraction of sp³-hybridized carbons (Fsp3) is 0.429. The van der Waals surface area contributed by atoms with Gasteiger partial charge in [0.05, 0.1) is 18.1 Å². The fourth-order valence-electron chi connectivity index (χ4n) is 4.83. The Labute approximate surface area is 270 Å². The van der Waals surface area contributed by atoms with Crippen LogP contribution < -0.4 is 20.7 Å². The summed E-state index contributed by atoms with van der Waals surface area (Å²) in [6.07, 6.45) is 7.06. The van der Waals surface area contributed by atoms with Crippen LogP contribution in [0.15, 0.2) is 66.8 Å². The van der Waals surface area contributed by atoms with E-state index in [4.69, 9.17) is 21.1 Å². The first-order valence-corrected chi connectivity index (χ1v) is 15.7. The highest BCUT2D eigenvalue weighted by Crippen LogP contribution is 2.25. The van der Waals surface area contributed by atoms with Gasteiger partial charge in [0.1, 0.15) is 23.9 Å². The van der Waals surface area contributed by atoms with Gasteiger partial charge in [-0.15, -0.1) is 0 Å². The third-order valence-corrected chi connectivity index (χ3v) is 7.81. The van der Waals surface area contributed by atoms with Crippen LogP contribution in [-0.4, -0.2) is 55.5 Å². The lowest BCUT2D eigenvalue weighted by atomic mass is 9.98. The number of carbonyl (C=O) groups excluding carboxylic acids is 4. The van der Waals surface area contributed by atoms with Gasteiger partial charge in [0.2, 0.25) is 17.7 Å². The number of methoxy groups -OCH3 is 1. The molecule has 1 heterocycles. The van der Waals surface area contributed by atoms with Gasteiger partial charge in [-0.3, -0.25) is 14.4 Å². The zero-order valence-electron chi connectivity index (χ0n) is 26.5. The molecule has 0 fully saturated rings. The topological polar surface area (TPSA) is 123 Å². The summed E-state index contributed by atoms with van der Waals surface area (Å²) in [6.45, 7) is 7.52. The van der Waals surface area contributed by atoms with E-state index in [1.165, 1.54) is 13.2 Å². The van der Waals surface area contributed by atoms with Crippen molar-refractivity contribution >= 4 is 41.4 Å². The van der Waals surface area contributed by atoms with E-state index >= 15 is 0 Å². The normalized spacial score (nSPS) is 23.5. The minimum atomic E-state index is -0.940. The van der Waals surface area contributed by atoms with Crippen molar-refractivity contribution in [3.63, 3.8) is 0 Å². The van der Waals surface area contributed by atoms with Crippen molar-refractivity contribution in [3.8, 4) is 5.75 Å². The lowest BCUT2D eigenvalue weighted by molar-refractivity contribution is -0.155. The number of carbonyl (C=O) groups is 4. The van der Waals surface area contributed by atoms with Crippen LogP contribution in [0.3, 0.4) is 0 Å². The van der Waals surface area contributed by atoms with Crippen LogP contribution in [0.2, 0.25) is 5.02 Å². The molecule has 45 heavy (non-hydrogen) atoms. The van der Waals surface area contributed by atoms with Gasteiger partial charge in [-0.1, -0.05) is 93.9 Å². The molecule has 0 saturated heterocycles. The first-order valence-electron chi connectivity index (χ1n) is 15.3. The number of cyclic esters (lactones) is 1. The smallest absolute Gasteiger partial charge is 0.328 e. The maximum atomic E-state index is 13.4. The third-order valence-electron chi connectivity index (χ3n) is 7.51. The number of nitrogens with one attached hydrogen (secondary N) is 3. The van der Waals surface area contributed by atoms with Crippen LogP contribution in [0.25, 0.3) is 6.08 Å². The molecular weight excluding hydrogens is 594 g/mol. The molecule has 9 nitrogen and oxygen atoms in total. The van der Waals surface area contributed by atoms with Crippen LogP contribution in [0.4, 0.5) is 0 Å². The Bertz CT molecular complexity index is 1380. The Kier molecular flexibility index (Phi) is 13.7. The Morgan fingerprint density at radius 3 is 2.40 bits per heavy atom. The standard InChI is InChI=1S/C35H44ClN3O6/c1-22(2)18-29-35(43)45-30(23(3)14-15-25-10-7-6-8-11-25)12-9-13-32(40)38-28(34(42)37-21-24(4)33(41)39-29)20-26-16-17-31(44-5)27(36)19-26/h6-11,13-17,19,22-24,28-30H,12,18,20-21H2,1-5H3,(H,37,42)(H,38,40)(H,39,41)/b13-9+,15-14+/t23-,24-,28-,29+,30+/m1/s1. The molecule has 0 radical (unpaired) electrons. The summed E-state index contributed by atoms with van der Waals surface area (Å²) in [6, 6.07) is 13.1. The summed E-state index contributed by atoms with van der Waals surface area (Å²) in [4.78, 5) is 52.9. The van der Waals surface area contributed by atoms with Gasteiger partial charge in [0.25, 0.3) is 0 Å². The molecule has 1 aliphatic heterocycles. The molecule has 0 bridgehead atoms. The highest BCUT2D eigenvalue weighted by atomic mass is 35.5. The lowest BCUT2D eigenvalue weighted by Gasteiger charge is -2.27. The summed E-state index contributed by atoms with van der Waals surface area (Å²) >= 11 is 6.30. The van der Waals surface area contributed by atoms with Gasteiger partial charge in [-0.25, -0.2) is 4.79 Å². The second-order valence-electron chi connectivity index (χ2n) is 11.8. The van der Waals surface area contributed by atoms with E-state index < -0.39 is 41.9 Å². The molecule has 242 valence electrons. The van der Waals surface area contributed by atoms with Crippen molar-refractivity contribution in [2.75, 3.05) is 13.7 Å². The van der Waals surface area contributed by atoms with Gasteiger partial charge < -0.3 is 25.4 Å². The molecule has 0 aliphatic carbocycles. The molecule has 0 aromatic heterocycles. The van der Waals surface area contributed by atoms with E-state index in [-0.39, 0.29) is 37.1 Å². The predicted octanol–water partition coefficient (Wildman–Crippen LogP) is 4.88.